The average Bonchev–Trinajstić information content (AvgIpc) is 3.35. The van der Waals surface area contributed by atoms with Gasteiger partial charge in [0.1, 0.15) is 12.1 Å². The van der Waals surface area contributed by atoms with Crippen LogP contribution in [0.3, 0.4) is 0 Å². The quantitative estimate of drug-likeness (QED) is 0.496. The monoisotopic (exact) mass is 355 g/mol. The van der Waals surface area contributed by atoms with Crippen LogP contribution < -0.4 is 4.90 Å². The number of rotatable bonds is 3. The highest BCUT2D eigenvalue weighted by Crippen LogP contribution is 2.32. The Morgan fingerprint density at radius 2 is 1.89 bits per heavy atom. The molecule has 3 heterocycles. The number of aromatic nitrogens is 6. The number of anilines is 2. The largest absolute Gasteiger partial charge is 0.329 e. The molecule has 0 spiro atoms. The van der Waals surface area contributed by atoms with Crippen LogP contribution in [0.25, 0.3) is 27.9 Å². The molecule has 0 aliphatic carbocycles. The third kappa shape index (κ3) is 2.43. The number of hydrogen-bond donors (Lipinski definition) is 0. The van der Waals surface area contributed by atoms with E-state index in [0.29, 0.717) is 5.78 Å². The second-order valence-electron chi connectivity index (χ2n) is 6.40. The van der Waals surface area contributed by atoms with E-state index < -0.39 is 0 Å². The first-order valence-corrected chi connectivity index (χ1v) is 8.63. The van der Waals surface area contributed by atoms with Crippen molar-refractivity contribution in [2.24, 2.45) is 7.05 Å². The van der Waals surface area contributed by atoms with Crippen molar-refractivity contribution in [1.82, 2.24) is 29.4 Å². The number of hydrogen-bond acceptors (Lipinski definition) is 5. The van der Waals surface area contributed by atoms with Gasteiger partial charge in [0.25, 0.3) is 5.78 Å². The van der Waals surface area contributed by atoms with Crippen LogP contribution in [0, 0.1) is 0 Å². The first-order valence-electron chi connectivity index (χ1n) is 8.63. The molecule has 3 aromatic heterocycles. The van der Waals surface area contributed by atoms with Crippen LogP contribution in [0.1, 0.15) is 0 Å². The van der Waals surface area contributed by atoms with E-state index in [-0.39, 0.29) is 0 Å². The molecule has 2 aromatic carbocycles. The zero-order chi connectivity index (χ0) is 18.4. The molecule has 0 fully saturated rings. The number of fused-ring (bicyclic) bond motifs is 3. The van der Waals surface area contributed by atoms with Crippen LogP contribution in [0.4, 0.5) is 11.5 Å². The summed E-state index contributed by atoms with van der Waals surface area (Å²) < 4.78 is 3.77. The van der Waals surface area contributed by atoms with Gasteiger partial charge in [-0.2, -0.15) is 10.1 Å². The second-order valence-corrected chi connectivity index (χ2v) is 6.40. The van der Waals surface area contributed by atoms with Crippen LogP contribution in [0.5, 0.6) is 0 Å². The molecule has 0 saturated carbocycles. The number of nitrogens with zero attached hydrogens (tertiary/aromatic N) is 7. The predicted molar refractivity (Wildman–Crippen MR) is 105 cm³/mol. The van der Waals surface area contributed by atoms with E-state index in [2.05, 4.69) is 50.5 Å². The van der Waals surface area contributed by atoms with Crippen LogP contribution in [-0.2, 0) is 7.05 Å². The van der Waals surface area contributed by atoms with Crippen molar-refractivity contribution in [3.8, 4) is 11.3 Å². The molecule has 7 nitrogen and oxygen atoms in total. The van der Waals surface area contributed by atoms with Crippen molar-refractivity contribution in [2.75, 3.05) is 11.9 Å². The Labute approximate surface area is 155 Å². The minimum absolute atomic E-state index is 0.582. The maximum atomic E-state index is 4.75. The van der Waals surface area contributed by atoms with Gasteiger partial charge in [0, 0.05) is 36.9 Å². The number of para-hydroxylation sites is 1. The smallest absolute Gasteiger partial charge is 0.257 e. The van der Waals surface area contributed by atoms with Gasteiger partial charge in [-0.1, -0.05) is 24.3 Å². The number of aryl methyl sites for hydroxylation is 1. The highest BCUT2D eigenvalue weighted by molar-refractivity contribution is 5.93. The van der Waals surface area contributed by atoms with Gasteiger partial charge in [0.2, 0.25) is 0 Å². The van der Waals surface area contributed by atoms with E-state index in [4.69, 9.17) is 4.98 Å². The van der Waals surface area contributed by atoms with Crippen LogP contribution in [0.2, 0.25) is 0 Å². The minimum Gasteiger partial charge on any atom is -0.329 e. The van der Waals surface area contributed by atoms with Crippen molar-refractivity contribution < 1.29 is 0 Å². The van der Waals surface area contributed by atoms with Gasteiger partial charge >= 0.3 is 0 Å². The normalized spacial score (nSPS) is 11.3. The molecule has 0 saturated heterocycles. The Balaban J connectivity index is 1.68. The maximum Gasteiger partial charge on any atom is 0.257 e. The zero-order valence-electron chi connectivity index (χ0n) is 15.0. The van der Waals surface area contributed by atoms with Crippen molar-refractivity contribution in [2.45, 2.75) is 0 Å². The van der Waals surface area contributed by atoms with Gasteiger partial charge in [0.15, 0.2) is 0 Å². The SMILES string of the molecule is CN(c1cccc(-c2ccnn2C)c1)c1nc2nncn2c2ccccc12. The van der Waals surface area contributed by atoms with Crippen molar-refractivity contribution in [3.05, 3.63) is 67.1 Å². The lowest BCUT2D eigenvalue weighted by Gasteiger charge is -2.21. The molecule has 0 aliphatic heterocycles. The molecule has 5 rings (SSSR count). The molecule has 0 amide bonds. The molecule has 0 aliphatic rings. The van der Waals surface area contributed by atoms with Crippen molar-refractivity contribution in [1.29, 1.82) is 0 Å². The van der Waals surface area contributed by atoms with E-state index in [1.165, 1.54) is 0 Å². The fraction of sp³-hybridized carbons (Fsp3) is 0.100. The summed E-state index contributed by atoms with van der Waals surface area (Å²) in [5.41, 5.74) is 4.23. The molecule has 27 heavy (non-hydrogen) atoms. The van der Waals surface area contributed by atoms with Crippen LogP contribution in [0.15, 0.2) is 67.1 Å². The molecule has 0 unspecified atom stereocenters. The van der Waals surface area contributed by atoms with Gasteiger partial charge in [-0.3, -0.25) is 9.08 Å². The van der Waals surface area contributed by atoms with Crippen molar-refractivity contribution in [3.63, 3.8) is 0 Å². The topological polar surface area (TPSA) is 64.1 Å². The summed E-state index contributed by atoms with van der Waals surface area (Å²) in [7, 11) is 3.96. The zero-order valence-corrected chi connectivity index (χ0v) is 15.0. The first kappa shape index (κ1) is 15.5. The first-order chi connectivity index (χ1) is 13.2. The molecule has 132 valence electrons. The van der Waals surface area contributed by atoms with Crippen LogP contribution in [-0.4, -0.2) is 36.4 Å². The second kappa shape index (κ2) is 5.91. The minimum atomic E-state index is 0.582. The summed E-state index contributed by atoms with van der Waals surface area (Å²) >= 11 is 0. The Hall–Kier alpha value is -3.74. The predicted octanol–water partition coefficient (Wildman–Crippen LogP) is 3.45. The Morgan fingerprint density at radius 1 is 1.00 bits per heavy atom. The van der Waals surface area contributed by atoms with Crippen LogP contribution >= 0.6 is 0 Å². The average molecular weight is 355 g/mol. The summed E-state index contributed by atoms with van der Waals surface area (Å²) in [5.74, 6) is 1.42. The summed E-state index contributed by atoms with van der Waals surface area (Å²) in [6.45, 7) is 0. The Morgan fingerprint density at radius 3 is 2.74 bits per heavy atom. The molecule has 0 N–H and O–H groups in total. The van der Waals surface area contributed by atoms with E-state index in [1.54, 1.807) is 12.5 Å². The molecule has 0 bridgehead atoms. The highest BCUT2D eigenvalue weighted by atomic mass is 15.3. The number of benzene rings is 2. The Kier molecular flexibility index (Phi) is 3.39. The van der Waals surface area contributed by atoms with Gasteiger partial charge in [-0.05, 0) is 30.3 Å². The lowest BCUT2D eigenvalue weighted by molar-refractivity contribution is 0.776. The third-order valence-corrected chi connectivity index (χ3v) is 4.81. The van der Waals surface area contributed by atoms with Gasteiger partial charge in [0.05, 0.1) is 11.2 Å². The van der Waals surface area contributed by atoms with Gasteiger partial charge in [-0.25, -0.2) is 0 Å². The third-order valence-electron chi connectivity index (χ3n) is 4.81. The Bertz CT molecular complexity index is 1270. The molecular weight excluding hydrogens is 338 g/mol. The summed E-state index contributed by atoms with van der Waals surface area (Å²) in [6.07, 6.45) is 3.50. The molecule has 0 radical (unpaired) electrons. The van der Waals surface area contributed by atoms with E-state index >= 15 is 0 Å². The van der Waals surface area contributed by atoms with E-state index in [9.17, 15) is 0 Å². The van der Waals surface area contributed by atoms with Crippen molar-refractivity contribution >= 4 is 28.2 Å². The van der Waals surface area contributed by atoms with Gasteiger partial charge in [-0.15, -0.1) is 10.2 Å². The van der Waals surface area contributed by atoms with Gasteiger partial charge < -0.3 is 4.90 Å². The molecule has 7 heteroatoms. The fourth-order valence-electron chi connectivity index (χ4n) is 3.41. The lowest BCUT2D eigenvalue weighted by atomic mass is 10.1. The highest BCUT2D eigenvalue weighted by Gasteiger charge is 2.15. The lowest BCUT2D eigenvalue weighted by Crippen LogP contribution is -2.13. The molecular formula is C20H17N7. The standard InChI is InChI=1S/C20H17N7/c1-25(15-7-5-6-14(12-15)17-10-11-22-26(17)2)19-16-8-3-4-9-18(16)27-13-21-24-20(27)23-19/h3-13H,1-2H3. The summed E-state index contributed by atoms with van der Waals surface area (Å²) in [6, 6.07) is 18.5. The summed E-state index contributed by atoms with van der Waals surface area (Å²) in [5, 5.41) is 13.5. The van der Waals surface area contributed by atoms with E-state index in [0.717, 1.165) is 33.7 Å². The molecule has 5 aromatic rings. The van der Waals surface area contributed by atoms with E-state index in [1.807, 2.05) is 47.4 Å². The summed E-state index contributed by atoms with van der Waals surface area (Å²) in [4.78, 5) is 6.83. The fourth-order valence-corrected chi connectivity index (χ4v) is 3.41. The maximum absolute atomic E-state index is 4.75. The molecule has 0 atom stereocenters.